The summed E-state index contributed by atoms with van der Waals surface area (Å²) in [6.07, 6.45) is 4.77. The third-order valence-corrected chi connectivity index (χ3v) is 4.15. The summed E-state index contributed by atoms with van der Waals surface area (Å²) < 4.78 is 5.23. The summed E-state index contributed by atoms with van der Waals surface area (Å²) in [6, 6.07) is 0.447. The zero-order valence-electron chi connectivity index (χ0n) is 9.79. The Balaban J connectivity index is 2.25. The van der Waals surface area contributed by atoms with E-state index in [4.69, 9.17) is 16.2 Å². The van der Waals surface area contributed by atoms with Crippen LogP contribution in [0.2, 0.25) is 0 Å². The number of nitrogens with two attached hydrogens (primary N) is 2. The third kappa shape index (κ3) is 2.31. The number of amides is 1. The Bertz CT molecular complexity index is 425. The van der Waals surface area contributed by atoms with Gasteiger partial charge in [-0.3, -0.25) is 4.79 Å². The number of methoxy groups -OCH3 is 1. The summed E-state index contributed by atoms with van der Waals surface area (Å²) in [5, 5.41) is 4.19. The van der Waals surface area contributed by atoms with Crippen molar-refractivity contribution in [1.29, 1.82) is 0 Å². The lowest BCUT2D eigenvalue weighted by atomic mass is 10.2. The molecule has 94 valence electrons. The Labute approximate surface area is 104 Å². The number of nitrogen functional groups attached to an aromatic ring is 1. The van der Waals surface area contributed by atoms with E-state index in [1.54, 1.807) is 7.11 Å². The minimum Gasteiger partial charge on any atom is -0.492 e. The molecule has 0 atom stereocenters. The van der Waals surface area contributed by atoms with Crippen molar-refractivity contribution in [3.63, 3.8) is 0 Å². The topological polar surface area (TPSA) is 90.4 Å². The van der Waals surface area contributed by atoms with Crippen LogP contribution in [0.25, 0.3) is 0 Å². The minimum atomic E-state index is -0.509. The van der Waals surface area contributed by atoms with Gasteiger partial charge in [0.25, 0.3) is 5.91 Å². The highest BCUT2D eigenvalue weighted by atomic mass is 32.1. The molecule has 0 aromatic carbocycles. The molecular weight excluding hydrogens is 238 g/mol. The molecule has 0 unspecified atom stereocenters. The minimum absolute atomic E-state index is 0.338. The summed E-state index contributed by atoms with van der Waals surface area (Å²) in [5.74, 6) is 0.0287. The molecule has 1 aromatic heterocycles. The van der Waals surface area contributed by atoms with Crippen LogP contribution in [0, 0.1) is 0 Å². The molecule has 1 aromatic rings. The van der Waals surface area contributed by atoms with Gasteiger partial charge >= 0.3 is 0 Å². The molecule has 0 bridgehead atoms. The molecule has 1 aliphatic rings. The van der Waals surface area contributed by atoms with Crippen molar-refractivity contribution in [2.45, 2.75) is 31.7 Å². The number of hydrogen-bond donors (Lipinski definition) is 3. The molecule has 1 aliphatic carbocycles. The van der Waals surface area contributed by atoms with Gasteiger partial charge < -0.3 is 21.5 Å². The highest BCUT2D eigenvalue weighted by molar-refractivity contribution is 7.19. The molecule has 0 saturated heterocycles. The van der Waals surface area contributed by atoms with Crippen LogP contribution in [0.3, 0.4) is 0 Å². The zero-order valence-corrected chi connectivity index (χ0v) is 10.6. The van der Waals surface area contributed by atoms with Crippen molar-refractivity contribution in [2.75, 3.05) is 18.2 Å². The molecule has 6 heteroatoms. The molecule has 2 rings (SSSR count). The van der Waals surface area contributed by atoms with Crippen molar-refractivity contribution in [2.24, 2.45) is 5.73 Å². The van der Waals surface area contributed by atoms with Crippen LogP contribution in [0.4, 0.5) is 10.7 Å². The largest absolute Gasteiger partial charge is 0.492 e. The number of nitrogens with one attached hydrogen (secondary N) is 1. The van der Waals surface area contributed by atoms with Crippen LogP contribution in [-0.4, -0.2) is 19.1 Å². The second kappa shape index (κ2) is 4.83. The number of hydrogen-bond acceptors (Lipinski definition) is 5. The number of anilines is 2. The van der Waals surface area contributed by atoms with E-state index in [9.17, 15) is 4.79 Å². The SMILES string of the molecule is COc1c(NC2CCCC2)sc(C(N)=O)c1N. The monoisotopic (exact) mass is 255 g/mol. The first-order valence-corrected chi connectivity index (χ1v) is 6.47. The van der Waals surface area contributed by atoms with Gasteiger partial charge in [0.2, 0.25) is 0 Å². The molecule has 0 spiro atoms. The lowest BCUT2D eigenvalue weighted by Gasteiger charge is -2.12. The Kier molecular flexibility index (Phi) is 3.42. The number of ether oxygens (including phenoxy) is 1. The standard InChI is InChI=1S/C11H17N3O2S/c1-16-8-7(12)9(10(13)15)17-11(8)14-6-4-2-3-5-6/h6,14H,2-5,12H2,1H3,(H2,13,15). The molecule has 1 saturated carbocycles. The smallest absolute Gasteiger partial charge is 0.261 e. The molecule has 1 fully saturated rings. The van der Waals surface area contributed by atoms with E-state index in [1.165, 1.54) is 24.2 Å². The molecule has 1 heterocycles. The average molecular weight is 255 g/mol. The Morgan fingerprint density at radius 3 is 2.65 bits per heavy atom. The maximum absolute atomic E-state index is 11.2. The average Bonchev–Trinajstić information content (AvgIpc) is 2.87. The quantitative estimate of drug-likeness (QED) is 0.765. The van der Waals surface area contributed by atoms with Gasteiger partial charge in [0.05, 0.1) is 7.11 Å². The Hall–Kier alpha value is -1.43. The van der Waals surface area contributed by atoms with E-state index in [0.717, 1.165) is 17.8 Å². The lowest BCUT2D eigenvalue weighted by Crippen LogP contribution is -2.13. The zero-order chi connectivity index (χ0) is 12.4. The van der Waals surface area contributed by atoms with Crippen LogP contribution in [-0.2, 0) is 0 Å². The first-order valence-electron chi connectivity index (χ1n) is 5.66. The molecule has 5 N–H and O–H groups in total. The van der Waals surface area contributed by atoms with E-state index in [-0.39, 0.29) is 0 Å². The normalized spacial score (nSPS) is 16.1. The van der Waals surface area contributed by atoms with Crippen LogP contribution in [0.1, 0.15) is 35.4 Å². The molecule has 5 nitrogen and oxygen atoms in total. The molecule has 0 aliphatic heterocycles. The summed E-state index contributed by atoms with van der Waals surface area (Å²) in [4.78, 5) is 11.6. The lowest BCUT2D eigenvalue weighted by molar-refractivity contribution is 0.100. The number of carbonyl (C=O) groups is 1. The molecule has 17 heavy (non-hydrogen) atoms. The summed E-state index contributed by atoms with van der Waals surface area (Å²) in [7, 11) is 1.54. The number of primary amides is 1. The van der Waals surface area contributed by atoms with Crippen molar-refractivity contribution < 1.29 is 9.53 Å². The van der Waals surface area contributed by atoms with Crippen molar-refractivity contribution >= 4 is 27.9 Å². The maximum atomic E-state index is 11.2. The van der Waals surface area contributed by atoms with Gasteiger partial charge in [-0.05, 0) is 12.8 Å². The predicted molar refractivity (Wildman–Crippen MR) is 69.7 cm³/mol. The van der Waals surface area contributed by atoms with Gasteiger partial charge in [-0.1, -0.05) is 12.8 Å². The number of carbonyl (C=O) groups excluding carboxylic acids is 1. The predicted octanol–water partition coefficient (Wildman–Crippen LogP) is 1.79. The van der Waals surface area contributed by atoms with Gasteiger partial charge in [0, 0.05) is 6.04 Å². The highest BCUT2D eigenvalue weighted by Gasteiger charge is 2.23. The summed E-state index contributed by atoms with van der Waals surface area (Å²) >= 11 is 1.27. The fourth-order valence-electron chi connectivity index (χ4n) is 2.17. The van der Waals surface area contributed by atoms with E-state index in [2.05, 4.69) is 5.32 Å². The first-order chi connectivity index (χ1) is 8.13. The highest BCUT2D eigenvalue weighted by Crippen LogP contribution is 2.43. The molecule has 1 amide bonds. The summed E-state index contributed by atoms with van der Waals surface area (Å²) in [6.45, 7) is 0. The van der Waals surface area contributed by atoms with Crippen LogP contribution in [0.15, 0.2) is 0 Å². The third-order valence-electron chi connectivity index (χ3n) is 3.02. The van der Waals surface area contributed by atoms with E-state index in [1.807, 2.05) is 0 Å². The van der Waals surface area contributed by atoms with E-state index >= 15 is 0 Å². The van der Waals surface area contributed by atoms with Crippen molar-refractivity contribution in [1.82, 2.24) is 0 Å². The fraction of sp³-hybridized carbons (Fsp3) is 0.545. The van der Waals surface area contributed by atoms with Gasteiger partial charge in [0.1, 0.15) is 15.6 Å². The molecular formula is C11H17N3O2S. The van der Waals surface area contributed by atoms with Gasteiger partial charge in [-0.25, -0.2) is 0 Å². The van der Waals surface area contributed by atoms with Crippen LogP contribution >= 0.6 is 11.3 Å². The van der Waals surface area contributed by atoms with Gasteiger partial charge in [-0.2, -0.15) is 0 Å². The number of thiophene rings is 1. The van der Waals surface area contributed by atoms with Crippen molar-refractivity contribution in [3.05, 3.63) is 4.88 Å². The number of rotatable bonds is 4. The Morgan fingerprint density at radius 2 is 2.12 bits per heavy atom. The van der Waals surface area contributed by atoms with Gasteiger partial charge in [-0.15, -0.1) is 11.3 Å². The van der Waals surface area contributed by atoms with Gasteiger partial charge in [0.15, 0.2) is 5.75 Å². The van der Waals surface area contributed by atoms with E-state index < -0.39 is 5.91 Å². The first kappa shape index (κ1) is 12.0. The molecule has 0 radical (unpaired) electrons. The van der Waals surface area contributed by atoms with Crippen LogP contribution < -0.4 is 21.5 Å². The Morgan fingerprint density at radius 1 is 1.47 bits per heavy atom. The second-order valence-electron chi connectivity index (χ2n) is 4.20. The fourth-order valence-corrected chi connectivity index (χ4v) is 3.18. The van der Waals surface area contributed by atoms with Crippen molar-refractivity contribution in [3.8, 4) is 5.75 Å². The van der Waals surface area contributed by atoms with E-state index in [0.29, 0.717) is 22.4 Å². The summed E-state index contributed by atoms with van der Waals surface area (Å²) in [5.41, 5.74) is 11.4. The maximum Gasteiger partial charge on any atom is 0.261 e. The second-order valence-corrected chi connectivity index (χ2v) is 5.22. The van der Waals surface area contributed by atoms with Crippen LogP contribution in [0.5, 0.6) is 5.75 Å².